The molecule has 0 spiro atoms. The van der Waals surface area contributed by atoms with Gasteiger partial charge in [0.25, 0.3) is 0 Å². The lowest BCUT2D eigenvalue weighted by Crippen LogP contribution is -1.84. The van der Waals surface area contributed by atoms with Gasteiger partial charge in [0, 0.05) is 49.6 Å². The number of thiophene rings is 1. The average molecular weight is 408 g/mol. The zero-order valence-electron chi connectivity index (χ0n) is 16.2. The van der Waals surface area contributed by atoms with Gasteiger partial charge in [-0.25, -0.2) is 0 Å². The van der Waals surface area contributed by atoms with Gasteiger partial charge < -0.3 is 4.98 Å². The second kappa shape index (κ2) is 6.64. The average Bonchev–Trinajstić information content (AvgIpc) is 3.51. The highest BCUT2D eigenvalue weighted by molar-refractivity contribution is 7.15. The van der Waals surface area contributed by atoms with Crippen LogP contribution in [0.25, 0.3) is 54.9 Å². The third-order valence-corrected chi connectivity index (χ3v) is 6.38. The predicted octanol–water partition coefficient (Wildman–Crippen LogP) is 6.21. The van der Waals surface area contributed by atoms with Crippen LogP contribution in [0.4, 0.5) is 0 Å². The van der Waals surface area contributed by atoms with Crippen LogP contribution in [0, 0.1) is 6.92 Å². The van der Waals surface area contributed by atoms with Crippen LogP contribution in [0.15, 0.2) is 73.2 Å². The van der Waals surface area contributed by atoms with Gasteiger partial charge in [-0.05, 0) is 49.4 Å². The summed E-state index contributed by atoms with van der Waals surface area (Å²) in [7, 11) is 0. The van der Waals surface area contributed by atoms with Gasteiger partial charge in [0.15, 0.2) is 0 Å². The molecule has 30 heavy (non-hydrogen) atoms. The number of hydrogen-bond donors (Lipinski definition) is 2. The summed E-state index contributed by atoms with van der Waals surface area (Å²) in [6.45, 7) is 2.14. The number of fused-ring (bicyclic) bond motifs is 2. The van der Waals surface area contributed by atoms with E-state index in [1.807, 2.05) is 29.7 Å². The molecule has 0 radical (unpaired) electrons. The lowest BCUT2D eigenvalue weighted by molar-refractivity contribution is 1.11. The van der Waals surface area contributed by atoms with Crippen molar-refractivity contribution in [1.82, 2.24) is 25.1 Å². The number of aromatic amines is 2. The monoisotopic (exact) mass is 407 g/mol. The zero-order valence-corrected chi connectivity index (χ0v) is 17.0. The highest BCUT2D eigenvalue weighted by Gasteiger charge is 2.15. The molecule has 0 saturated carbocycles. The molecule has 0 unspecified atom stereocenters. The van der Waals surface area contributed by atoms with Crippen LogP contribution in [-0.4, -0.2) is 25.1 Å². The second-order valence-corrected chi connectivity index (χ2v) is 8.57. The number of aryl methyl sites for hydroxylation is 1. The first-order valence-electron chi connectivity index (χ1n) is 9.70. The normalized spacial score (nSPS) is 11.5. The van der Waals surface area contributed by atoms with Crippen molar-refractivity contribution in [2.24, 2.45) is 0 Å². The first kappa shape index (κ1) is 17.1. The van der Waals surface area contributed by atoms with Crippen molar-refractivity contribution in [2.45, 2.75) is 6.92 Å². The van der Waals surface area contributed by atoms with Crippen molar-refractivity contribution in [3.63, 3.8) is 0 Å². The van der Waals surface area contributed by atoms with Gasteiger partial charge in [-0.3, -0.25) is 15.1 Å². The standard InChI is InChI=1S/C24H17N5S/c1-14-5-6-23(30-14)16-3-2-4-19-17(16)11-21(27-19)24-18-12-20(15-7-9-25-10-8-15)26-13-22(18)28-29-24/h2-13,27H,1H3,(H,28,29). The van der Waals surface area contributed by atoms with Crippen molar-refractivity contribution in [3.8, 4) is 33.1 Å². The molecular formula is C24H17N5S. The second-order valence-electron chi connectivity index (χ2n) is 7.28. The van der Waals surface area contributed by atoms with E-state index in [-0.39, 0.29) is 0 Å². The van der Waals surface area contributed by atoms with E-state index >= 15 is 0 Å². The Kier molecular flexibility index (Phi) is 3.79. The van der Waals surface area contributed by atoms with Crippen molar-refractivity contribution in [3.05, 3.63) is 78.1 Å². The number of rotatable bonds is 3. The van der Waals surface area contributed by atoms with Gasteiger partial charge in [0.05, 0.1) is 23.1 Å². The van der Waals surface area contributed by atoms with E-state index in [1.165, 1.54) is 20.7 Å². The number of aromatic nitrogens is 5. The van der Waals surface area contributed by atoms with E-state index in [9.17, 15) is 0 Å². The lowest BCUT2D eigenvalue weighted by Gasteiger charge is -2.00. The van der Waals surface area contributed by atoms with Crippen LogP contribution in [0.3, 0.4) is 0 Å². The van der Waals surface area contributed by atoms with E-state index in [1.54, 1.807) is 12.4 Å². The highest BCUT2D eigenvalue weighted by Crippen LogP contribution is 2.37. The fourth-order valence-corrected chi connectivity index (χ4v) is 4.79. The summed E-state index contributed by atoms with van der Waals surface area (Å²) < 4.78 is 0. The molecule has 2 N–H and O–H groups in total. The van der Waals surface area contributed by atoms with Crippen LogP contribution >= 0.6 is 11.3 Å². The molecule has 1 aromatic carbocycles. The third-order valence-electron chi connectivity index (χ3n) is 5.35. The van der Waals surface area contributed by atoms with E-state index in [0.29, 0.717) is 0 Å². The van der Waals surface area contributed by atoms with Crippen molar-refractivity contribution >= 4 is 33.1 Å². The van der Waals surface area contributed by atoms with Gasteiger partial charge in [-0.1, -0.05) is 12.1 Å². The SMILES string of the molecule is Cc1ccc(-c2cccc3[nH]c(-c4n[nH]c5cnc(-c6ccncc6)cc45)cc23)s1. The largest absolute Gasteiger partial charge is 0.353 e. The summed E-state index contributed by atoms with van der Waals surface area (Å²) in [5, 5.41) is 9.95. The number of hydrogen-bond acceptors (Lipinski definition) is 4. The van der Waals surface area contributed by atoms with Crippen LogP contribution in [0.5, 0.6) is 0 Å². The van der Waals surface area contributed by atoms with Gasteiger partial charge >= 0.3 is 0 Å². The molecule has 6 heteroatoms. The summed E-state index contributed by atoms with van der Waals surface area (Å²) in [6, 6.07) is 19.0. The highest BCUT2D eigenvalue weighted by atomic mass is 32.1. The number of benzene rings is 1. The van der Waals surface area contributed by atoms with Crippen molar-refractivity contribution in [2.75, 3.05) is 0 Å². The van der Waals surface area contributed by atoms with Crippen molar-refractivity contribution in [1.29, 1.82) is 0 Å². The zero-order chi connectivity index (χ0) is 20.1. The van der Waals surface area contributed by atoms with Crippen molar-refractivity contribution < 1.29 is 0 Å². The molecule has 0 aliphatic rings. The lowest BCUT2D eigenvalue weighted by atomic mass is 10.1. The Hall–Kier alpha value is -3.77. The van der Waals surface area contributed by atoms with E-state index in [2.05, 4.69) is 74.5 Å². The predicted molar refractivity (Wildman–Crippen MR) is 122 cm³/mol. The molecular weight excluding hydrogens is 390 g/mol. The number of pyridine rings is 2. The molecule has 144 valence electrons. The first-order chi connectivity index (χ1) is 14.8. The molecule has 0 bridgehead atoms. The molecule has 0 aliphatic heterocycles. The smallest absolute Gasteiger partial charge is 0.116 e. The molecule has 0 amide bonds. The molecule has 5 aromatic heterocycles. The summed E-state index contributed by atoms with van der Waals surface area (Å²) in [4.78, 5) is 14.8. The fraction of sp³-hybridized carbons (Fsp3) is 0.0417. The maximum absolute atomic E-state index is 4.60. The Morgan fingerprint density at radius 3 is 2.63 bits per heavy atom. The molecule has 0 atom stereocenters. The minimum Gasteiger partial charge on any atom is -0.353 e. The molecule has 6 rings (SSSR count). The number of nitrogens with one attached hydrogen (secondary N) is 2. The minimum atomic E-state index is 0.896. The van der Waals surface area contributed by atoms with Crippen LogP contribution in [-0.2, 0) is 0 Å². The molecule has 0 aliphatic carbocycles. The Balaban J connectivity index is 1.52. The minimum absolute atomic E-state index is 0.896. The molecule has 5 heterocycles. The van der Waals surface area contributed by atoms with E-state index in [4.69, 9.17) is 0 Å². The van der Waals surface area contributed by atoms with Crippen LogP contribution in [0.1, 0.15) is 4.88 Å². The van der Waals surface area contributed by atoms with Gasteiger partial charge in [-0.15, -0.1) is 11.3 Å². The Bertz CT molecular complexity index is 1510. The summed E-state index contributed by atoms with van der Waals surface area (Å²) in [6.07, 6.45) is 5.40. The summed E-state index contributed by atoms with van der Waals surface area (Å²) in [5.74, 6) is 0. The topological polar surface area (TPSA) is 70.2 Å². The quantitative estimate of drug-likeness (QED) is 0.367. The Labute approximate surface area is 176 Å². The number of nitrogens with zero attached hydrogens (tertiary/aromatic N) is 3. The van der Waals surface area contributed by atoms with E-state index in [0.717, 1.165) is 39.1 Å². The summed E-state index contributed by atoms with van der Waals surface area (Å²) in [5.41, 5.74) is 7.08. The van der Waals surface area contributed by atoms with Crippen LogP contribution < -0.4 is 0 Å². The summed E-state index contributed by atoms with van der Waals surface area (Å²) >= 11 is 1.82. The maximum atomic E-state index is 4.60. The Morgan fingerprint density at radius 2 is 1.80 bits per heavy atom. The van der Waals surface area contributed by atoms with Gasteiger partial charge in [0.2, 0.25) is 0 Å². The van der Waals surface area contributed by atoms with Crippen LogP contribution in [0.2, 0.25) is 0 Å². The first-order valence-corrected chi connectivity index (χ1v) is 10.5. The fourth-order valence-electron chi connectivity index (χ4n) is 3.88. The Morgan fingerprint density at radius 1 is 0.900 bits per heavy atom. The van der Waals surface area contributed by atoms with Gasteiger partial charge in [0.1, 0.15) is 5.69 Å². The molecule has 0 saturated heterocycles. The molecule has 5 nitrogen and oxygen atoms in total. The third kappa shape index (κ3) is 2.73. The molecule has 0 fully saturated rings. The molecule has 6 aromatic rings. The van der Waals surface area contributed by atoms with Gasteiger partial charge in [-0.2, -0.15) is 5.10 Å². The number of H-pyrrole nitrogens is 2. The maximum Gasteiger partial charge on any atom is 0.116 e. The van der Waals surface area contributed by atoms with E-state index < -0.39 is 0 Å².